The van der Waals surface area contributed by atoms with Gasteiger partial charge in [-0.15, -0.1) is 0 Å². The molecule has 0 radical (unpaired) electrons. The van der Waals surface area contributed by atoms with Crippen LogP contribution in [0.2, 0.25) is 0 Å². The van der Waals surface area contributed by atoms with Crippen LogP contribution in [0.4, 0.5) is 0 Å². The van der Waals surface area contributed by atoms with Crippen molar-refractivity contribution in [3.05, 3.63) is 35.4 Å². The Bertz CT molecular complexity index is 427. The monoisotopic (exact) mass is 247 g/mol. The molecule has 0 aliphatic carbocycles. The molecule has 98 valence electrons. The van der Waals surface area contributed by atoms with Crippen molar-refractivity contribution in [2.24, 2.45) is 5.41 Å². The van der Waals surface area contributed by atoms with E-state index in [4.69, 9.17) is 0 Å². The number of Topliss-reactive ketones (excluding diaryl/α,β-unsaturated/α-hetero) is 1. The summed E-state index contributed by atoms with van der Waals surface area (Å²) in [6.45, 7) is 8.16. The lowest BCUT2D eigenvalue weighted by molar-refractivity contribution is -0.122. The first-order valence-corrected chi connectivity index (χ1v) is 6.14. The fourth-order valence-electron chi connectivity index (χ4n) is 1.60. The van der Waals surface area contributed by atoms with Gasteiger partial charge < -0.3 is 5.32 Å². The van der Waals surface area contributed by atoms with E-state index in [1.165, 1.54) is 0 Å². The quantitative estimate of drug-likeness (QED) is 0.831. The Morgan fingerprint density at radius 3 is 2.11 bits per heavy atom. The molecule has 0 saturated carbocycles. The molecule has 1 aromatic carbocycles. The van der Waals surface area contributed by atoms with Gasteiger partial charge in [0.1, 0.15) is 0 Å². The Labute approximate surface area is 109 Å². The van der Waals surface area contributed by atoms with E-state index >= 15 is 0 Å². The highest BCUT2D eigenvalue weighted by atomic mass is 16.1. The second-order valence-electron chi connectivity index (χ2n) is 5.77. The molecule has 0 aliphatic heterocycles. The zero-order valence-corrected chi connectivity index (χ0v) is 11.5. The number of carbonyl (C=O) groups is 2. The predicted octanol–water partition coefficient (Wildman–Crippen LogP) is 2.94. The molecule has 0 bridgehead atoms. The van der Waals surface area contributed by atoms with E-state index in [0.717, 1.165) is 5.56 Å². The number of ketones is 1. The van der Waals surface area contributed by atoms with Crippen molar-refractivity contribution in [1.29, 1.82) is 0 Å². The highest BCUT2D eigenvalue weighted by Crippen LogP contribution is 2.17. The Hall–Kier alpha value is -1.64. The van der Waals surface area contributed by atoms with Gasteiger partial charge in [0, 0.05) is 18.5 Å². The van der Waals surface area contributed by atoms with Crippen LogP contribution in [0.3, 0.4) is 0 Å². The first-order chi connectivity index (χ1) is 8.28. The molecule has 3 nitrogen and oxygen atoms in total. The van der Waals surface area contributed by atoms with Crippen molar-refractivity contribution in [3.63, 3.8) is 0 Å². The SMILES string of the molecule is CC(=O)c1ccc(CNC(=O)CC(C)(C)C)cc1. The van der Waals surface area contributed by atoms with Crippen LogP contribution < -0.4 is 5.32 Å². The molecule has 1 amide bonds. The zero-order valence-electron chi connectivity index (χ0n) is 11.5. The molecule has 0 heterocycles. The summed E-state index contributed by atoms with van der Waals surface area (Å²) in [5, 5.41) is 2.88. The van der Waals surface area contributed by atoms with Crippen LogP contribution >= 0.6 is 0 Å². The van der Waals surface area contributed by atoms with Crippen molar-refractivity contribution in [2.75, 3.05) is 0 Å². The summed E-state index contributed by atoms with van der Waals surface area (Å²) in [6.07, 6.45) is 0.512. The summed E-state index contributed by atoms with van der Waals surface area (Å²) in [5.41, 5.74) is 1.70. The van der Waals surface area contributed by atoms with E-state index in [-0.39, 0.29) is 17.1 Å². The van der Waals surface area contributed by atoms with Crippen LogP contribution in [-0.4, -0.2) is 11.7 Å². The molecular formula is C15H21NO2. The van der Waals surface area contributed by atoms with Crippen LogP contribution in [-0.2, 0) is 11.3 Å². The van der Waals surface area contributed by atoms with Crippen molar-refractivity contribution < 1.29 is 9.59 Å². The number of hydrogen-bond acceptors (Lipinski definition) is 2. The first-order valence-electron chi connectivity index (χ1n) is 6.14. The van der Waals surface area contributed by atoms with Gasteiger partial charge in [0.25, 0.3) is 0 Å². The topological polar surface area (TPSA) is 46.2 Å². The summed E-state index contributed by atoms with van der Waals surface area (Å²) >= 11 is 0. The molecule has 0 spiro atoms. The highest BCUT2D eigenvalue weighted by Gasteiger charge is 2.15. The van der Waals surface area contributed by atoms with Gasteiger partial charge in [0.05, 0.1) is 0 Å². The lowest BCUT2D eigenvalue weighted by Crippen LogP contribution is -2.27. The van der Waals surface area contributed by atoms with Crippen molar-refractivity contribution in [3.8, 4) is 0 Å². The lowest BCUT2D eigenvalue weighted by atomic mass is 9.92. The van der Waals surface area contributed by atoms with Crippen LogP contribution in [0.25, 0.3) is 0 Å². The lowest BCUT2D eigenvalue weighted by Gasteiger charge is -2.17. The normalized spacial score (nSPS) is 11.1. The fourth-order valence-corrected chi connectivity index (χ4v) is 1.60. The summed E-state index contributed by atoms with van der Waals surface area (Å²) in [6, 6.07) is 7.31. The zero-order chi connectivity index (χ0) is 13.8. The van der Waals surface area contributed by atoms with E-state index in [1.807, 2.05) is 32.9 Å². The third kappa shape index (κ3) is 5.13. The van der Waals surface area contributed by atoms with Crippen LogP contribution in [0, 0.1) is 5.41 Å². The van der Waals surface area contributed by atoms with E-state index in [1.54, 1.807) is 19.1 Å². The minimum absolute atomic E-state index is 0.00255. The van der Waals surface area contributed by atoms with E-state index in [2.05, 4.69) is 5.32 Å². The van der Waals surface area contributed by atoms with Gasteiger partial charge in [-0.3, -0.25) is 9.59 Å². The average Bonchev–Trinajstić information content (AvgIpc) is 2.24. The van der Waals surface area contributed by atoms with E-state index in [9.17, 15) is 9.59 Å². The van der Waals surface area contributed by atoms with Crippen molar-refractivity contribution >= 4 is 11.7 Å². The minimum Gasteiger partial charge on any atom is -0.352 e. The summed E-state index contributed by atoms with van der Waals surface area (Å²) < 4.78 is 0. The minimum atomic E-state index is 0.00255. The molecule has 0 aliphatic rings. The Balaban J connectivity index is 2.49. The first kappa shape index (κ1) is 14.4. The molecule has 0 fully saturated rings. The van der Waals surface area contributed by atoms with Gasteiger partial charge in [0.2, 0.25) is 5.91 Å². The van der Waals surface area contributed by atoms with Gasteiger partial charge in [-0.2, -0.15) is 0 Å². The smallest absolute Gasteiger partial charge is 0.220 e. The number of hydrogen-bond donors (Lipinski definition) is 1. The Kier molecular flexibility index (Phi) is 4.65. The van der Waals surface area contributed by atoms with E-state index < -0.39 is 0 Å². The van der Waals surface area contributed by atoms with Gasteiger partial charge in [0.15, 0.2) is 5.78 Å². The summed E-state index contributed by atoms with van der Waals surface area (Å²) in [4.78, 5) is 22.8. The van der Waals surface area contributed by atoms with Crippen LogP contribution in [0.1, 0.15) is 50.0 Å². The molecule has 0 saturated heterocycles. The summed E-state index contributed by atoms with van der Waals surface area (Å²) in [5.74, 6) is 0.108. The fraction of sp³-hybridized carbons (Fsp3) is 0.467. The third-order valence-electron chi connectivity index (χ3n) is 2.54. The molecule has 1 rings (SSSR count). The third-order valence-corrected chi connectivity index (χ3v) is 2.54. The van der Waals surface area contributed by atoms with Gasteiger partial charge >= 0.3 is 0 Å². The molecule has 3 heteroatoms. The van der Waals surface area contributed by atoms with Crippen LogP contribution in [0.15, 0.2) is 24.3 Å². The second-order valence-corrected chi connectivity index (χ2v) is 5.77. The van der Waals surface area contributed by atoms with Gasteiger partial charge in [-0.25, -0.2) is 0 Å². The molecular weight excluding hydrogens is 226 g/mol. The van der Waals surface area contributed by atoms with Crippen molar-refractivity contribution in [1.82, 2.24) is 5.32 Å². The molecule has 18 heavy (non-hydrogen) atoms. The molecule has 1 aromatic rings. The Morgan fingerprint density at radius 2 is 1.67 bits per heavy atom. The number of amides is 1. The second kappa shape index (κ2) is 5.80. The molecule has 0 aromatic heterocycles. The predicted molar refractivity (Wildman–Crippen MR) is 72.4 cm³/mol. The Morgan fingerprint density at radius 1 is 1.11 bits per heavy atom. The molecule has 0 unspecified atom stereocenters. The molecule has 1 N–H and O–H groups in total. The maximum atomic E-state index is 11.6. The largest absolute Gasteiger partial charge is 0.352 e. The number of rotatable bonds is 4. The maximum Gasteiger partial charge on any atom is 0.220 e. The number of carbonyl (C=O) groups excluding carboxylic acids is 2. The standard InChI is InChI=1S/C15H21NO2/c1-11(17)13-7-5-12(6-8-13)10-16-14(18)9-15(2,3)4/h5-8H,9-10H2,1-4H3,(H,16,18). The maximum absolute atomic E-state index is 11.6. The van der Waals surface area contributed by atoms with Crippen molar-refractivity contribution in [2.45, 2.75) is 40.7 Å². The van der Waals surface area contributed by atoms with Crippen LogP contribution in [0.5, 0.6) is 0 Å². The number of nitrogens with one attached hydrogen (secondary N) is 1. The summed E-state index contributed by atoms with van der Waals surface area (Å²) in [7, 11) is 0. The van der Waals surface area contributed by atoms with Gasteiger partial charge in [-0.1, -0.05) is 45.0 Å². The number of benzene rings is 1. The highest BCUT2D eigenvalue weighted by molar-refractivity contribution is 5.94. The molecule has 0 atom stereocenters. The van der Waals surface area contributed by atoms with E-state index in [0.29, 0.717) is 18.5 Å². The average molecular weight is 247 g/mol. The van der Waals surface area contributed by atoms with Gasteiger partial charge in [-0.05, 0) is 17.9 Å².